The first kappa shape index (κ1) is 15.8. The first-order valence-electron chi connectivity index (χ1n) is 8.39. The normalized spacial score (nSPS) is 25.8. The van der Waals surface area contributed by atoms with E-state index in [0.29, 0.717) is 12.6 Å². The fourth-order valence-electron chi connectivity index (χ4n) is 3.73. The lowest BCUT2D eigenvalue weighted by atomic mass is 9.97. The van der Waals surface area contributed by atoms with Crippen molar-refractivity contribution in [3.8, 4) is 5.75 Å². The van der Waals surface area contributed by atoms with E-state index in [1.165, 1.54) is 24.9 Å². The Hall–Kier alpha value is -1.10. The molecular weight excluding hydrogens is 276 g/mol. The van der Waals surface area contributed by atoms with Crippen molar-refractivity contribution < 1.29 is 9.84 Å². The SMILES string of the molecule is CN(C)[C@@H]1CN(Cc2ccccc2OCCO)C[C@H]1C1CC1. The highest BCUT2D eigenvalue weighted by atomic mass is 16.5. The predicted molar refractivity (Wildman–Crippen MR) is 88.0 cm³/mol. The lowest BCUT2D eigenvalue weighted by molar-refractivity contribution is 0.198. The van der Waals surface area contributed by atoms with Crippen molar-refractivity contribution in [3.63, 3.8) is 0 Å². The van der Waals surface area contributed by atoms with Gasteiger partial charge in [0.05, 0.1) is 6.61 Å². The van der Waals surface area contributed by atoms with E-state index in [4.69, 9.17) is 9.84 Å². The Balaban J connectivity index is 1.66. The molecule has 1 saturated carbocycles. The number of hydrogen-bond acceptors (Lipinski definition) is 4. The molecule has 1 heterocycles. The van der Waals surface area contributed by atoms with Gasteiger partial charge in [-0.1, -0.05) is 18.2 Å². The molecule has 1 saturated heterocycles. The minimum atomic E-state index is 0.0600. The molecule has 0 bridgehead atoms. The summed E-state index contributed by atoms with van der Waals surface area (Å²) in [5.74, 6) is 2.67. The van der Waals surface area contributed by atoms with E-state index >= 15 is 0 Å². The van der Waals surface area contributed by atoms with Crippen LogP contribution in [0, 0.1) is 11.8 Å². The van der Waals surface area contributed by atoms with Gasteiger partial charge in [0.1, 0.15) is 12.4 Å². The van der Waals surface area contributed by atoms with Gasteiger partial charge in [-0.15, -0.1) is 0 Å². The summed E-state index contributed by atoms with van der Waals surface area (Å²) < 4.78 is 5.67. The molecule has 2 fully saturated rings. The molecule has 3 rings (SSSR count). The summed E-state index contributed by atoms with van der Waals surface area (Å²) in [7, 11) is 4.42. The quantitative estimate of drug-likeness (QED) is 0.834. The Morgan fingerprint density at radius 1 is 1.23 bits per heavy atom. The first-order chi connectivity index (χ1) is 10.7. The second-order valence-corrected chi connectivity index (χ2v) is 6.91. The van der Waals surface area contributed by atoms with Crippen molar-refractivity contribution in [1.29, 1.82) is 0 Å². The van der Waals surface area contributed by atoms with Crippen LogP contribution in [0.3, 0.4) is 0 Å². The van der Waals surface area contributed by atoms with Crippen LogP contribution in [-0.4, -0.2) is 61.3 Å². The highest BCUT2D eigenvalue weighted by Crippen LogP contribution is 2.43. The highest BCUT2D eigenvalue weighted by molar-refractivity contribution is 5.33. The van der Waals surface area contributed by atoms with Gasteiger partial charge in [0, 0.05) is 31.2 Å². The third-order valence-electron chi connectivity index (χ3n) is 5.01. The number of aliphatic hydroxyl groups is 1. The maximum atomic E-state index is 8.96. The van der Waals surface area contributed by atoms with Gasteiger partial charge in [-0.25, -0.2) is 0 Å². The van der Waals surface area contributed by atoms with Gasteiger partial charge in [-0.3, -0.25) is 4.90 Å². The van der Waals surface area contributed by atoms with Crippen molar-refractivity contribution >= 4 is 0 Å². The average molecular weight is 304 g/mol. The van der Waals surface area contributed by atoms with Crippen LogP contribution >= 0.6 is 0 Å². The summed E-state index contributed by atoms with van der Waals surface area (Å²) in [4.78, 5) is 4.96. The molecule has 1 aromatic rings. The third kappa shape index (κ3) is 3.62. The molecule has 0 unspecified atom stereocenters. The van der Waals surface area contributed by atoms with Gasteiger partial charge >= 0.3 is 0 Å². The maximum Gasteiger partial charge on any atom is 0.123 e. The molecule has 0 amide bonds. The number of nitrogens with zero attached hydrogens (tertiary/aromatic N) is 2. The summed E-state index contributed by atoms with van der Waals surface area (Å²) >= 11 is 0. The van der Waals surface area contributed by atoms with Crippen molar-refractivity contribution in [2.24, 2.45) is 11.8 Å². The molecule has 1 aliphatic carbocycles. The largest absolute Gasteiger partial charge is 0.491 e. The van der Waals surface area contributed by atoms with E-state index in [-0.39, 0.29) is 6.61 Å². The van der Waals surface area contributed by atoms with Crippen LogP contribution in [0.2, 0.25) is 0 Å². The number of likely N-dealkylation sites (N-methyl/N-ethyl adjacent to an activating group) is 1. The molecule has 1 N–H and O–H groups in total. The number of aliphatic hydroxyl groups excluding tert-OH is 1. The van der Waals surface area contributed by atoms with E-state index in [9.17, 15) is 0 Å². The topological polar surface area (TPSA) is 35.9 Å². The van der Waals surface area contributed by atoms with Gasteiger partial charge in [0.25, 0.3) is 0 Å². The number of ether oxygens (including phenoxy) is 1. The van der Waals surface area contributed by atoms with E-state index in [2.05, 4.69) is 36.0 Å². The number of benzene rings is 1. The second kappa shape index (κ2) is 6.99. The van der Waals surface area contributed by atoms with Crippen LogP contribution in [0.25, 0.3) is 0 Å². The average Bonchev–Trinajstić information content (AvgIpc) is 3.27. The van der Waals surface area contributed by atoms with Gasteiger partial charge in [0.15, 0.2) is 0 Å². The van der Waals surface area contributed by atoms with Gasteiger partial charge in [0.2, 0.25) is 0 Å². The third-order valence-corrected chi connectivity index (χ3v) is 5.01. The molecular formula is C18H28N2O2. The lowest BCUT2D eigenvalue weighted by Crippen LogP contribution is -2.36. The van der Waals surface area contributed by atoms with Gasteiger partial charge < -0.3 is 14.7 Å². The standard InChI is InChI=1S/C18H28N2O2/c1-19(2)17-13-20(12-16(17)14-7-8-14)11-15-5-3-4-6-18(15)22-10-9-21/h3-6,14,16-17,21H,7-13H2,1-2H3/t16-,17+/m0/s1. The Morgan fingerprint density at radius 3 is 2.68 bits per heavy atom. The molecule has 2 atom stereocenters. The molecule has 1 aromatic carbocycles. The second-order valence-electron chi connectivity index (χ2n) is 6.91. The van der Waals surface area contributed by atoms with Crippen LogP contribution in [0.5, 0.6) is 5.75 Å². The van der Waals surface area contributed by atoms with Crippen LogP contribution < -0.4 is 4.74 Å². The summed E-state index contributed by atoms with van der Waals surface area (Å²) in [6.07, 6.45) is 2.83. The Kier molecular flexibility index (Phi) is 5.01. The molecule has 0 radical (unpaired) electrons. The molecule has 1 aliphatic heterocycles. The number of hydrogen-bond donors (Lipinski definition) is 1. The van der Waals surface area contributed by atoms with E-state index in [0.717, 1.165) is 30.7 Å². The van der Waals surface area contributed by atoms with E-state index < -0.39 is 0 Å². The summed E-state index contributed by atoms with van der Waals surface area (Å²) in [6.45, 7) is 3.70. The Labute approximate surface area is 133 Å². The zero-order valence-electron chi connectivity index (χ0n) is 13.7. The van der Waals surface area contributed by atoms with E-state index in [1.54, 1.807) is 0 Å². The Bertz CT molecular complexity index is 478. The molecule has 122 valence electrons. The lowest BCUT2D eigenvalue weighted by Gasteiger charge is -2.25. The number of rotatable bonds is 7. The Morgan fingerprint density at radius 2 is 2.00 bits per heavy atom. The zero-order chi connectivity index (χ0) is 15.5. The number of para-hydroxylation sites is 1. The molecule has 4 nitrogen and oxygen atoms in total. The van der Waals surface area contributed by atoms with Crippen LogP contribution in [0.15, 0.2) is 24.3 Å². The van der Waals surface area contributed by atoms with Crippen LogP contribution in [-0.2, 0) is 6.54 Å². The maximum absolute atomic E-state index is 8.96. The predicted octanol–water partition coefficient (Wildman–Crippen LogP) is 1.83. The van der Waals surface area contributed by atoms with Gasteiger partial charge in [-0.05, 0) is 44.8 Å². The van der Waals surface area contributed by atoms with Crippen molar-refractivity contribution in [1.82, 2.24) is 9.80 Å². The first-order valence-corrected chi connectivity index (χ1v) is 8.39. The fourth-order valence-corrected chi connectivity index (χ4v) is 3.73. The number of likely N-dealkylation sites (tertiary alicyclic amines) is 1. The van der Waals surface area contributed by atoms with Crippen molar-refractivity contribution in [3.05, 3.63) is 29.8 Å². The summed E-state index contributed by atoms with van der Waals surface area (Å²) in [5, 5.41) is 8.96. The summed E-state index contributed by atoms with van der Waals surface area (Å²) in [6, 6.07) is 8.89. The minimum Gasteiger partial charge on any atom is -0.491 e. The molecule has 22 heavy (non-hydrogen) atoms. The van der Waals surface area contributed by atoms with Crippen molar-refractivity contribution in [2.75, 3.05) is 40.4 Å². The van der Waals surface area contributed by atoms with Crippen LogP contribution in [0.1, 0.15) is 18.4 Å². The highest BCUT2D eigenvalue weighted by Gasteiger charge is 2.43. The molecule has 4 heteroatoms. The zero-order valence-corrected chi connectivity index (χ0v) is 13.7. The van der Waals surface area contributed by atoms with Gasteiger partial charge in [-0.2, -0.15) is 0 Å². The van der Waals surface area contributed by atoms with Crippen LogP contribution in [0.4, 0.5) is 0 Å². The minimum absolute atomic E-state index is 0.0600. The molecule has 0 aromatic heterocycles. The monoisotopic (exact) mass is 304 g/mol. The van der Waals surface area contributed by atoms with Crippen molar-refractivity contribution in [2.45, 2.75) is 25.4 Å². The fraction of sp³-hybridized carbons (Fsp3) is 0.667. The molecule has 0 spiro atoms. The summed E-state index contributed by atoms with van der Waals surface area (Å²) in [5.41, 5.74) is 1.23. The van der Waals surface area contributed by atoms with E-state index in [1.807, 2.05) is 12.1 Å². The smallest absolute Gasteiger partial charge is 0.123 e. The molecule has 2 aliphatic rings.